The summed E-state index contributed by atoms with van der Waals surface area (Å²) in [6.07, 6.45) is 3.83. The fourth-order valence-electron chi connectivity index (χ4n) is 3.08. The predicted molar refractivity (Wildman–Crippen MR) is 84.2 cm³/mol. The molecule has 1 aromatic carbocycles. The molecule has 21 heavy (non-hydrogen) atoms. The van der Waals surface area contributed by atoms with Crippen LogP contribution in [0.15, 0.2) is 12.1 Å². The van der Waals surface area contributed by atoms with Crippen molar-refractivity contribution < 1.29 is 9.47 Å². The van der Waals surface area contributed by atoms with Crippen molar-refractivity contribution in [1.29, 1.82) is 0 Å². The van der Waals surface area contributed by atoms with E-state index in [0.29, 0.717) is 12.8 Å². The Kier molecular flexibility index (Phi) is 4.57. The van der Waals surface area contributed by atoms with Gasteiger partial charge in [0.2, 0.25) is 6.79 Å². The standard InChI is InChI=1S/C16H23ClN2O2/c1-18(2)13-5-3-4-6-19(10-13)9-12-7-15-16(8-14(12)17)21-11-20-15/h7-8,13H,3-6,9-11H2,1-2H3/t13-/m0/s1. The van der Waals surface area contributed by atoms with E-state index in [1.807, 2.05) is 12.1 Å². The third kappa shape index (κ3) is 3.44. The van der Waals surface area contributed by atoms with Crippen molar-refractivity contribution in [1.82, 2.24) is 9.80 Å². The summed E-state index contributed by atoms with van der Waals surface area (Å²) >= 11 is 6.39. The molecule has 5 heteroatoms. The van der Waals surface area contributed by atoms with Gasteiger partial charge in [0.15, 0.2) is 11.5 Å². The molecule has 4 nitrogen and oxygen atoms in total. The van der Waals surface area contributed by atoms with Gasteiger partial charge in [0, 0.05) is 30.2 Å². The highest BCUT2D eigenvalue weighted by atomic mass is 35.5. The van der Waals surface area contributed by atoms with Gasteiger partial charge in [-0.2, -0.15) is 0 Å². The number of halogens is 1. The molecule has 116 valence electrons. The Bertz CT molecular complexity index is 507. The zero-order valence-corrected chi connectivity index (χ0v) is 13.5. The molecule has 0 saturated carbocycles. The second-order valence-electron chi connectivity index (χ2n) is 6.15. The molecule has 1 atom stereocenters. The number of benzene rings is 1. The summed E-state index contributed by atoms with van der Waals surface area (Å²) < 4.78 is 10.8. The van der Waals surface area contributed by atoms with E-state index in [4.69, 9.17) is 21.1 Å². The lowest BCUT2D eigenvalue weighted by Crippen LogP contribution is -2.38. The lowest BCUT2D eigenvalue weighted by molar-refractivity contribution is 0.173. The Labute approximate surface area is 131 Å². The van der Waals surface area contributed by atoms with Crippen LogP contribution in [0.4, 0.5) is 0 Å². The van der Waals surface area contributed by atoms with Gasteiger partial charge in [0.25, 0.3) is 0 Å². The minimum Gasteiger partial charge on any atom is -0.454 e. The fourth-order valence-corrected chi connectivity index (χ4v) is 3.30. The number of ether oxygens (including phenoxy) is 2. The van der Waals surface area contributed by atoms with Gasteiger partial charge in [-0.3, -0.25) is 4.90 Å². The van der Waals surface area contributed by atoms with Crippen LogP contribution in [-0.2, 0) is 6.54 Å². The number of hydrogen-bond donors (Lipinski definition) is 0. The zero-order chi connectivity index (χ0) is 14.8. The molecule has 3 rings (SSSR count). The van der Waals surface area contributed by atoms with E-state index in [2.05, 4.69) is 23.9 Å². The van der Waals surface area contributed by atoms with Gasteiger partial charge in [-0.25, -0.2) is 0 Å². The van der Waals surface area contributed by atoms with Crippen LogP contribution in [0.25, 0.3) is 0 Å². The second kappa shape index (κ2) is 6.42. The third-order valence-corrected chi connectivity index (χ3v) is 4.75. The van der Waals surface area contributed by atoms with Gasteiger partial charge < -0.3 is 14.4 Å². The lowest BCUT2D eigenvalue weighted by Gasteiger charge is -2.28. The zero-order valence-electron chi connectivity index (χ0n) is 12.8. The van der Waals surface area contributed by atoms with Crippen LogP contribution >= 0.6 is 11.6 Å². The number of likely N-dealkylation sites (tertiary alicyclic amines) is 1. The molecule has 2 aliphatic rings. The van der Waals surface area contributed by atoms with Crippen LogP contribution < -0.4 is 9.47 Å². The Morgan fingerprint density at radius 3 is 2.76 bits per heavy atom. The van der Waals surface area contributed by atoms with E-state index in [0.717, 1.165) is 41.7 Å². The van der Waals surface area contributed by atoms with Gasteiger partial charge in [-0.05, 0) is 45.1 Å². The summed E-state index contributed by atoms with van der Waals surface area (Å²) in [5.74, 6) is 1.57. The van der Waals surface area contributed by atoms with Gasteiger partial charge in [-0.15, -0.1) is 0 Å². The smallest absolute Gasteiger partial charge is 0.231 e. The molecule has 1 aromatic rings. The maximum Gasteiger partial charge on any atom is 0.231 e. The van der Waals surface area contributed by atoms with Crippen molar-refractivity contribution in [3.05, 3.63) is 22.7 Å². The molecule has 2 heterocycles. The summed E-state index contributed by atoms with van der Waals surface area (Å²) in [6, 6.07) is 4.53. The Morgan fingerprint density at radius 2 is 2.00 bits per heavy atom. The summed E-state index contributed by atoms with van der Waals surface area (Å²) in [7, 11) is 4.34. The molecular formula is C16H23ClN2O2. The second-order valence-corrected chi connectivity index (χ2v) is 6.55. The molecule has 0 N–H and O–H groups in total. The Morgan fingerprint density at radius 1 is 1.24 bits per heavy atom. The SMILES string of the molecule is CN(C)[C@H]1CCCCN(Cc2cc3c(cc2Cl)OCO3)C1. The largest absolute Gasteiger partial charge is 0.454 e. The molecule has 1 saturated heterocycles. The first-order valence-corrected chi connectivity index (χ1v) is 7.98. The van der Waals surface area contributed by atoms with Crippen LogP contribution in [0.3, 0.4) is 0 Å². The highest BCUT2D eigenvalue weighted by molar-refractivity contribution is 6.31. The molecule has 0 bridgehead atoms. The van der Waals surface area contributed by atoms with Crippen molar-refractivity contribution in [2.24, 2.45) is 0 Å². The van der Waals surface area contributed by atoms with E-state index in [9.17, 15) is 0 Å². The average molecular weight is 311 g/mol. The summed E-state index contributed by atoms with van der Waals surface area (Å²) in [5, 5.41) is 0.768. The first kappa shape index (κ1) is 14.9. The normalized spacial score (nSPS) is 22.6. The van der Waals surface area contributed by atoms with E-state index in [-0.39, 0.29) is 0 Å². The minimum absolute atomic E-state index is 0.293. The number of likely N-dealkylation sites (N-methyl/N-ethyl adjacent to an activating group) is 1. The first-order valence-electron chi connectivity index (χ1n) is 7.60. The lowest BCUT2D eigenvalue weighted by atomic mass is 10.1. The molecule has 0 radical (unpaired) electrons. The number of rotatable bonds is 3. The number of fused-ring (bicyclic) bond motifs is 1. The van der Waals surface area contributed by atoms with Crippen LogP contribution in [0, 0.1) is 0 Å². The maximum absolute atomic E-state index is 6.39. The first-order chi connectivity index (χ1) is 10.1. The fraction of sp³-hybridized carbons (Fsp3) is 0.625. The molecule has 0 amide bonds. The van der Waals surface area contributed by atoms with Crippen molar-refractivity contribution in [2.75, 3.05) is 34.0 Å². The van der Waals surface area contributed by atoms with E-state index >= 15 is 0 Å². The predicted octanol–water partition coefficient (Wildman–Crippen LogP) is 2.98. The molecule has 1 fully saturated rings. The monoisotopic (exact) mass is 310 g/mol. The van der Waals surface area contributed by atoms with Gasteiger partial charge >= 0.3 is 0 Å². The summed E-state index contributed by atoms with van der Waals surface area (Å²) in [5.41, 5.74) is 1.13. The van der Waals surface area contributed by atoms with Crippen LogP contribution in [-0.4, -0.2) is 49.8 Å². The topological polar surface area (TPSA) is 24.9 Å². The van der Waals surface area contributed by atoms with Crippen LogP contribution in [0.2, 0.25) is 5.02 Å². The van der Waals surface area contributed by atoms with Crippen LogP contribution in [0.5, 0.6) is 11.5 Å². The molecule has 0 aliphatic carbocycles. The molecule has 0 aromatic heterocycles. The molecular weight excluding hydrogens is 288 g/mol. The molecule has 0 unspecified atom stereocenters. The van der Waals surface area contributed by atoms with Crippen molar-refractivity contribution >= 4 is 11.6 Å². The van der Waals surface area contributed by atoms with Gasteiger partial charge in [0.05, 0.1) is 0 Å². The van der Waals surface area contributed by atoms with Crippen molar-refractivity contribution in [3.8, 4) is 11.5 Å². The van der Waals surface area contributed by atoms with Crippen molar-refractivity contribution in [2.45, 2.75) is 31.8 Å². The molecule has 2 aliphatic heterocycles. The highest BCUT2D eigenvalue weighted by Gasteiger charge is 2.22. The maximum atomic E-state index is 6.39. The van der Waals surface area contributed by atoms with E-state index < -0.39 is 0 Å². The number of nitrogens with zero attached hydrogens (tertiary/aromatic N) is 2. The van der Waals surface area contributed by atoms with Gasteiger partial charge in [0.1, 0.15) is 0 Å². The van der Waals surface area contributed by atoms with Crippen molar-refractivity contribution in [3.63, 3.8) is 0 Å². The summed E-state index contributed by atoms with van der Waals surface area (Å²) in [4.78, 5) is 4.83. The van der Waals surface area contributed by atoms with Gasteiger partial charge in [-0.1, -0.05) is 18.0 Å². The van der Waals surface area contributed by atoms with E-state index in [1.54, 1.807) is 0 Å². The Hall–Kier alpha value is -0.970. The Balaban J connectivity index is 1.73. The summed E-state index contributed by atoms with van der Waals surface area (Å²) in [6.45, 7) is 3.40. The van der Waals surface area contributed by atoms with E-state index in [1.165, 1.54) is 19.3 Å². The molecule has 0 spiro atoms. The highest BCUT2D eigenvalue weighted by Crippen LogP contribution is 2.37. The van der Waals surface area contributed by atoms with Crippen LogP contribution in [0.1, 0.15) is 24.8 Å². The average Bonchev–Trinajstić information content (AvgIpc) is 2.75. The minimum atomic E-state index is 0.293. The quantitative estimate of drug-likeness (QED) is 0.857. The third-order valence-electron chi connectivity index (χ3n) is 4.40. The number of hydrogen-bond acceptors (Lipinski definition) is 4.